The van der Waals surface area contributed by atoms with E-state index in [-0.39, 0.29) is 0 Å². The molecule has 1 N–H and O–H groups in total. The standard InChI is InChI=1S/C12H23N3S/c1-6-13-7-11-10(4)14-15(5)12(11)16-8-9(2)3/h9,13H,6-8H2,1-5H3. The van der Waals surface area contributed by atoms with Gasteiger partial charge in [0, 0.05) is 24.9 Å². The van der Waals surface area contributed by atoms with Crippen LogP contribution in [0.15, 0.2) is 5.03 Å². The van der Waals surface area contributed by atoms with Gasteiger partial charge in [-0.15, -0.1) is 11.8 Å². The molecule has 4 heteroatoms. The number of nitrogens with zero attached hydrogens (tertiary/aromatic N) is 2. The molecule has 0 aliphatic heterocycles. The highest BCUT2D eigenvalue weighted by atomic mass is 32.2. The van der Waals surface area contributed by atoms with Crippen molar-refractivity contribution in [1.29, 1.82) is 0 Å². The fourth-order valence-electron chi connectivity index (χ4n) is 1.56. The molecule has 0 spiro atoms. The van der Waals surface area contributed by atoms with Gasteiger partial charge in [-0.25, -0.2) is 0 Å². The van der Waals surface area contributed by atoms with E-state index in [9.17, 15) is 0 Å². The molecule has 0 saturated carbocycles. The first-order valence-corrected chi connectivity index (χ1v) is 6.90. The molecular formula is C12H23N3S. The zero-order valence-electron chi connectivity index (χ0n) is 11.0. The minimum atomic E-state index is 0.715. The summed E-state index contributed by atoms with van der Waals surface area (Å²) in [6, 6.07) is 0. The maximum absolute atomic E-state index is 4.50. The Morgan fingerprint density at radius 3 is 2.69 bits per heavy atom. The van der Waals surface area contributed by atoms with Crippen LogP contribution in [-0.2, 0) is 13.6 Å². The van der Waals surface area contributed by atoms with Crippen LogP contribution >= 0.6 is 11.8 Å². The normalized spacial score (nSPS) is 11.4. The molecule has 1 rings (SSSR count). The van der Waals surface area contributed by atoms with Crippen molar-refractivity contribution in [2.75, 3.05) is 12.3 Å². The lowest BCUT2D eigenvalue weighted by Gasteiger charge is -2.08. The Morgan fingerprint density at radius 2 is 2.12 bits per heavy atom. The summed E-state index contributed by atoms with van der Waals surface area (Å²) in [5, 5.41) is 9.19. The first kappa shape index (κ1) is 13.6. The highest BCUT2D eigenvalue weighted by Crippen LogP contribution is 2.26. The predicted octanol–water partition coefficient (Wildman–Crippen LogP) is 2.59. The molecule has 16 heavy (non-hydrogen) atoms. The Morgan fingerprint density at radius 1 is 1.44 bits per heavy atom. The maximum Gasteiger partial charge on any atom is 0.0984 e. The fourth-order valence-corrected chi connectivity index (χ4v) is 2.67. The van der Waals surface area contributed by atoms with E-state index in [1.807, 2.05) is 23.5 Å². The molecule has 0 aromatic carbocycles. The molecule has 0 bridgehead atoms. The van der Waals surface area contributed by atoms with Crippen molar-refractivity contribution in [2.24, 2.45) is 13.0 Å². The number of aryl methyl sites for hydroxylation is 2. The summed E-state index contributed by atoms with van der Waals surface area (Å²) in [5.41, 5.74) is 2.50. The molecule has 0 saturated heterocycles. The van der Waals surface area contributed by atoms with E-state index in [2.05, 4.69) is 38.1 Å². The summed E-state index contributed by atoms with van der Waals surface area (Å²) in [6.07, 6.45) is 0. The summed E-state index contributed by atoms with van der Waals surface area (Å²) in [4.78, 5) is 0. The van der Waals surface area contributed by atoms with Crippen molar-refractivity contribution in [2.45, 2.75) is 39.3 Å². The summed E-state index contributed by atoms with van der Waals surface area (Å²) < 4.78 is 2.01. The van der Waals surface area contributed by atoms with Crippen molar-refractivity contribution in [3.05, 3.63) is 11.3 Å². The third kappa shape index (κ3) is 3.52. The van der Waals surface area contributed by atoms with Crippen LogP contribution in [0.25, 0.3) is 0 Å². The van der Waals surface area contributed by atoms with Gasteiger partial charge in [-0.3, -0.25) is 4.68 Å². The predicted molar refractivity (Wildman–Crippen MR) is 70.9 cm³/mol. The summed E-state index contributed by atoms with van der Waals surface area (Å²) in [7, 11) is 2.03. The third-order valence-electron chi connectivity index (χ3n) is 2.39. The average Bonchev–Trinajstić information content (AvgIpc) is 2.47. The smallest absolute Gasteiger partial charge is 0.0984 e. The second-order valence-electron chi connectivity index (χ2n) is 4.48. The summed E-state index contributed by atoms with van der Waals surface area (Å²) >= 11 is 1.91. The highest BCUT2D eigenvalue weighted by Gasteiger charge is 2.13. The van der Waals surface area contributed by atoms with Gasteiger partial charge in [0.2, 0.25) is 0 Å². The van der Waals surface area contributed by atoms with Crippen LogP contribution in [0.5, 0.6) is 0 Å². The van der Waals surface area contributed by atoms with Crippen LogP contribution in [-0.4, -0.2) is 22.1 Å². The minimum absolute atomic E-state index is 0.715. The third-order valence-corrected chi connectivity index (χ3v) is 4.01. The Hall–Kier alpha value is -0.480. The molecule has 0 fully saturated rings. The van der Waals surface area contributed by atoms with Gasteiger partial charge in [-0.2, -0.15) is 5.10 Å². The van der Waals surface area contributed by atoms with E-state index in [0.717, 1.165) is 24.5 Å². The van der Waals surface area contributed by atoms with Crippen LogP contribution < -0.4 is 5.32 Å². The fraction of sp³-hybridized carbons (Fsp3) is 0.750. The molecule has 92 valence electrons. The van der Waals surface area contributed by atoms with E-state index >= 15 is 0 Å². The van der Waals surface area contributed by atoms with E-state index in [0.29, 0.717) is 5.92 Å². The summed E-state index contributed by atoms with van der Waals surface area (Å²) in [5.74, 6) is 1.87. The molecule has 3 nitrogen and oxygen atoms in total. The Kier molecular flexibility index (Phi) is 5.35. The number of hydrogen-bond acceptors (Lipinski definition) is 3. The van der Waals surface area contributed by atoms with Crippen LogP contribution in [0.4, 0.5) is 0 Å². The molecule has 0 atom stereocenters. The van der Waals surface area contributed by atoms with Crippen LogP contribution in [0.1, 0.15) is 32.0 Å². The molecule has 1 aromatic heterocycles. The quantitative estimate of drug-likeness (QED) is 0.776. The Balaban J connectivity index is 2.78. The van der Waals surface area contributed by atoms with E-state index in [1.165, 1.54) is 10.6 Å². The number of thioether (sulfide) groups is 1. The van der Waals surface area contributed by atoms with Crippen LogP contribution in [0.2, 0.25) is 0 Å². The van der Waals surface area contributed by atoms with E-state index in [1.54, 1.807) is 0 Å². The number of hydrogen-bond donors (Lipinski definition) is 1. The van der Waals surface area contributed by atoms with Crippen LogP contribution in [0.3, 0.4) is 0 Å². The number of rotatable bonds is 6. The average molecular weight is 241 g/mol. The molecule has 0 radical (unpaired) electrons. The van der Waals surface area contributed by atoms with Gasteiger partial charge in [0.1, 0.15) is 0 Å². The molecule has 1 aromatic rings. The van der Waals surface area contributed by atoms with Gasteiger partial charge in [0.05, 0.1) is 10.7 Å². The number of nitrogens with one attached hydrogen (secondary N) is 1. The Bertz CT molecular complexity index is 331. The lowest BCUT2D eigenvalue weighted by atomic mass is 10.2. The topological polar surface area (TPSA) is 29.9 Å². The lowest BCUT2D eigenvalue weighted by molar-refractivity contribution is 0.670. The van der Waals surface area contributed by atoms with E-state index in [4.69, 9.17) is 0 Å². The molecule has 0 amide bonds. The largest absolute Gasteiger partial charge is 0.313 e. The highest BCUT2D eigenvalue weighted by molar-refractivity contribution is 7.99. The zero-order chi connectivity index (χ0) is 12.1. The number of aromatic nitrogens is 2. The monoisotopic (exact) mass is 241 g/mol. The van der Waals surface area contributed by atoms with Crippen molar-refractivity contribution in [3.8, 4) is 0 Å². The van der Waals surface area contributed by atoms with Crippen molar-refractivity contribution in [3.63, 3.8) is 0 Å². The first-order valence-electron chi connectivity index (χ1n) is 5.92. The van der Waals surface area contributed by atoms with Gasteiger partial charge >= 0.3 is 0 Å². The maximum atomic E-state index is 4.50. The van der Waals surface area contributed by atoms with Gasteiger partial charge in [0.15, 0.2) is 0 Å². The van der Waals surface area contributed by atoms with Gasteiger partial charge in [-0.1, -0.05) is 20.8 Å². The Labute approximate surface area is 103 Å². The summed E-state index contributed by atoms with van der Waals surface area (Å²) in [6.45, 7) is 10.7. The van der Waals surface area contributed by atoms with Crippen LogP contribution in [0, 0.1) is 12.8 Å². The van der Waals surface area contributed by atoms with E-state index < -0.39 is 0 Å². The molecule has 0 aliphatic carbocycles. The van der Waals surface area contributed by atoms with Crippen molar-refractivity contribution < 1.29 is 0 Å². The minimum Gasteiger partial charge on any atom is -0.313 e. The molecule has 0 unspecified atom stereocenters. The molecule has 0 aliphatic rings. The lowest BCUT2D eigenvalue weighted by Crippen LogP contribution is -2.13. The zero-order valence-corrected chi connectivity index (χ0v) is 11.8. The van der Waals surface area contributed by atoms with Gasteiger partial charge < -0.3 is 5.32 Å². The molecule has 1 heterocycles. The second-order valence-corrected chi connectivity index (χ2v) is 5.49. The first-order chi connectivity index (χ1) is 7.56. The van der Waals surface area contributed by atoms with Crippen molar-refractivity contribution >= 4 is 11.8 Å². The molecular weight excluding hydrogens is 218 g/mol. The van der Waals surface area contributed by atoms with Gasteiger partial charge in [-0.05, 0) is 19.4 Å². The second kappa shape index (κ2) is 6.30. The van der Waals surface area contributed by atoms with Crippen molar-refractivity contribution in [1.82, 2.24) is 15.1 Å². The van der Waals surface area contributed by atoms with Gasteiger partial charge in [0.25, 0.3) is 0 Å². The SMILES string of the molecule is CCNCc1c(C)nn(C)c1SCC(C)C.